The van der Waals surface area contributed by atoms with Crippen molar-refractivity contribution in [3.63, 3.8) is 0 Å². The molecule has 0 radical (unpaired) electrons. The zero-order chi connectivity index (χ0) is 19.9. The van der Waals surface area contributed by atoms with Crippen LogP contribution in [0.2, 0.25) is 0 Å². The largest absolute Gasteiger partial charge is 0.268 e. The molecule has 0 aliphatic heterocycles. The third-order valence-corrected chi connectivity index (χ3v) is 6.62. The lowest BCUT2D eigenvalue weighted by molar-refractivity contribution is 0.439. The van der Waals surface area contributed by atoms with Crippen LogP contribution in [0.5, 0.6) is 0 Å². The maximum absolute atomic E-state index is 13.8. The van der Waals surface area contributed by atoms with Gasteiger partial charge in [0.1, 0.15) is 0 Å². The van der Waals surface area contributed by atoms with E-state index < -0.39 is 0 Å². The van der Waals surface area contributed by atoms with E-state index in [9.17, 15) is 4.79 Å². The van der Waals surface area contributed by atoms with Crippen molar-refractivity contribution in [1.29, 1.82) is 0 Å². The molecule has 0 bridgehead atoms. The SMILES string of the molecule is C=CCSc1nn(CCC)c2nc3c(c(=O)n12)C(C)(CC)Cc1ccccc1-3. The Morgan fingerprint density at radius 1 is 1.32 bits per heavy atom. The predicted molar refractivity (Wildman–Crippen MR) is 115 cm³/mol. The number of fused-ring (bicyclic) bond motifs is 4. The van der Waals surface area contributed by atoms with Gasteiger partial charge in [-0.05, 0) is 24.8 Å². The zero-order valence-electron chi connectivity index (χ0n) is 16.7. The quantitative estimate of drug-likeness (QED) is 0.457. The molecule has 0 saturated carbocycles. The normalized spacial score (nSPS) is 18.1. The maximum Gasteiger partial charge on any atom is 0.265 e. The van der Waals surface area contributed by atoms with E-state index in [0.717, 1.165) is 42.6 Å². The number of benzene rings is 1. The molecule has 1 aromatic carbocycles. The lowest BCUT2D eigenvalue weighted by Gasteiger charge is -2.35. The second-order valence-corrected chi connectivity index (χ2v) is 8.62. The Balaban J connectivity index is 2.09. The molecule has 5 nitrogen and oxygen atoms in total. The lowest BCUT2D eigenvalue weighted by atomic mass is 9.69. The molecule has 0 amide bonds. The average Bonchev–Trinajstić information content (AvgIpc) is 3.04. The monoisotopic (exact) mass is 394 g/mol. The molecule has 0 N–H and O–H groups in total. The summed E-state index contributed by atoms with van der Waals surface area (Å²) < 4.78 is 3.58. The van der Waals surface area contributed by atoms with Gasteiger partial charge in [0.25, 0.3) is 5.56 Å². The van der Waals surface area contributed by atoms with Crippen molar-refractivity contribution >= 4 is 17.5 Å². The number of hydrogen-bond donors (Lipinski definition) is 0. The van der Waals surface area contributed by atoms with Crippen molar-refractivity contribution in [1.82, 2.24) is 19.2 Å². The molecule has 2 aromatic heterocycles. The van der Waals surface area contributed by atoms with Crippen molar-refractivity contribution in [2.24, 2.45) is 0 Å². The molecule has 4 rings (SSSR count). The fraction of sp³-hybridized carbons (Fsp3) is 0.409. The van der Waals surface area contributed by atoms with Crippen molar-refractivity contribution < 1.29 is 0 Å². The van der Waals surface area contributed by atoms with E-state index in [1.54, 1.807) is 4.40 Å². The van der Waals surface area contributed by atoms with Crippen LogP contribution in [0.15, 0.2) is 46.9 Å². The molecule has 1 aliphatic rings. The van der Waals surface area contributed by atoms with Gasteiger partial charge >= 0.3 is 0 Å². The molecule has 3 aromatic rings. The van der Waals surface area contributed by atoms with E-state index in [4.69, 9.17) is 10.1 Å². The van der Waals surface area contributed by atoms with Gasteiger partial charge in [-0.3, -0.25) is 4.79 Å². The number of hydrogen-bond acceptors (Lipinski definition) is 4. The summed E-state index contributed by atoms with van der Waals surface area (Å²) in [4.78, 5) is 18.8. The van der Waals surface area contributed by atoms with Gasteiger partial charge in [0.2, 0.25) is 5.78 Å². The highest BCUT2D eigenvalue weighted by Crippen LogP contribution is 2.42. The number of nitrogens with zero attached hydrogens (tertiary/aromatic N) is 4. The minimum Gasteiger partial charge on any atom is -0.268 e. The molecule has 146 valence electrons. The van der Waals surface area contributed by atoms with Gasteiger partial charge in [-0.25, -0.2) is 14.1 Å². The third kappa shape index (κ3) is 2.82. The summed E-state index contributed by atoms with van der Waals surface area (Å²) in [6.45, 7) is 11.0. The molecular weight excluding hydrogens is 368 g/mol. The van der Waals surface area contributed by atoms with Crippen LogP contribution >= 0.6 is 11.8 Å². The molecule has 0 fully saturated rings. The second kappa shape index (κ2) is 7.24. The third-order valence-electron chi connectivity index (χ3n) is 5.70. The Kier molecular flexibility index (Phi) is 4.91. The molecule has 28 heavy (non-hydrogen) atoms. The van der Waals surface area contributed by atoms with Gasteiger partial charge in [0.05, 0.1) is 11.3 Å². The Morgan fingerprint density at radius 3 is 2.82 bits per heavy atom. The summed E-state index contributed by atoms with van der Waals surface area (Å²) in [7, 11) is 0. The van der Waals surface area contributed by atoms with Crippen molar-refractivity contribution in [2.75, 3.05) is 5.75 Å². The minimum absolute atomic E-state index is 0.0211. The molecule has 2 heterocycles. The van der Waals surface area contributed by atoms with Crippen LogP contribution in [0.4, 0.5) is 0 Å². The molecule has 1 atom stereocenters. The van der Waals surface area contributed by atoms with Gasteiger partial charge in [-0.15, -0.1) is 11.7 Å². The lowest BCUT2D eigenvalue weighted by Crippen LogP contribution is -2.37. The molecule has 1 aliphatic carbocycles. The molecule has 0 saturated heterocycles. The van der Waals surface area contributed by atoms with E-state index in [1.807, 2.05) is 16.8 Å². The van der Waals surface area contributed by atoms with Crippen LogP contribution in [0, 0.1) is 0 Å². The van der Waals surface area contributed by atoms with Crippen molar-refractivity contribution in [2.45, 2.75) is 57.1 Å². The zero-order valence-corrected chi connectivity index (χ0v) is 17.6. The number of thioether (sulfide) groups is 1. The molecular formula is C22H26N4OS. The van der Waals surface area contributed by atoms with E-state index in [2.05, 4.69) is 45.5 Å². The Morgan fingerprint density at radius 2 is 2.11 bits per heavy atom. The summed E-state index contributed by atoms with van der Waals surface area (Å²) >= 11 is 1.53. The van der Waals surface area contributed by atoms with Gasteiger partial charge in [0, 0.05) is 23.3 Å². The summed E-state index contributed by atoms with van der Waals surface area (Å²) in [6.07, 6.45) is 4.50. The summed E-state index contributed by atoms with van der Waals surface area (Å²) in [5, 5.41) is 5.41. The van der Waals surface area contributed by atoms with Gasteiger partial charge in [0.15, 0.2) is 5.16 Å². The number of aromatic nitrogens is 4. The highest BCUT2D eigenvalue weighted by Gasteiger charge is 2.38. The van der Waals surface area contributed by atoms with Crippen LogP contribution in [0.3, 0.4) is 0 Å². The topological polar surface area (TPSA) is 52.2 Å². The Hall–Kier alpha value is -2.34. The van der Waals surface area contributed by atoms with Crippen LogP contribution in [-0.4, -0.2) is 24.9 Å². The van der Waals surface area contributed by atoms with E-state index >= 15 is 0 Å². The summed E-state index contributed by atoms with van der Waals surface area (Å²) in [5.41, 5.74) is 3.78. The first kappa shape index (κ1) is 19.0. The number of rotatable bonds is 6. The van der Waals surface area contributed by atoms with Crippen LogP contribution in [0.25, 0.3) is 17.0 Å². The van der Waals surface area contributed by atoms with Crippen LogP contribution in [0.1, 0.15) is 44.7 Å². The maximum atomic E-state index is 13.8. The van der Waals surface area contributed by atoms with Gasteiger partial charge in [-0.1, -0.05) is 62.9 Å². The highest BCUT2D eigenvalue weighted by atomic mass is 32.2. The Bertz CT molecular complexity index is 1110. The smallest absolute Gasteiger partial charge is 0.265 e. The predicted octanol–water partition coefficient (Wildman–Crippen LogP) is 4.47. The van der Waals surface area contributed by atoms with E-state index in [1.165, 1.54) is 17.3 Å². The molecule has 1 unspecified atom stereocenters. The van der Waals surface area contributed by atoms with Crippen molar-refractivity contribution in [3.8, 4) is 11.3 Å². The van der Waals surface area contributed by atoms with E-state index in [0.29, 0.717) is 16.7 Å². The van der Waals surface area contributed by atoms with Gasteiger partial charge < -0.3 is 0 Å². The van der Waals surface area contributed by atoms with E-state index in [-0.39, 0.29) is 11.0 Å². The van der Waals surface area contributed by atoms with Gasteiger partial charge in [-0.2, -0.15) is 0 Å². The van der Waals surface area contributed by atoms with Crippen LogP contribution in [-0.2, 0) is 18.4 Å². The first-order valence-corrected chi connectivity index (χ1v) is 10.9. The number of aryl methyl sites for hydroxylation is 1. The standard InChI is InChI=1S/C22H26N4OS/c1-5-12-25-20-23-18-16-11-9-8-10-15(16)14-22(4,7-3)17(18)19(27)26(20)21(24-25)28-13-6-2/h6,8-11H,2,5,7,12-14H2,1,3-4H3. The summed E-state index contributed by atoms with van der Waals surface area (Å²) in [5.74, 6) is 1.34. The molecule has 6 heteroatoms. The van der Waals surface area contributed by atoms with Crippen LogP contribution < -0.4 is 5.56 Å². The Labute approximate surface area is 169 Å². The minimum atomic E-state index is -0.234. The highest BCUT2D eigenvalue weighted by molar-refractivity contribution is 7.99. The van der Waals surface area contributed by atoms with Crippen molar-refractivity contribution in [3.05, 3.63) is 58.4 Å². The average molecular weight is 395 g/mol. The first-order chi connectivity index (χ1) is 13.5. The first-order valence-electron chi connectivity index (χ1n) is 9.90. The fourth-order valence-corrected chi connectivity index (χ4v) is 4.81. The fourth-order valence-electron chi connectivity index (χ4n) is 4.09. The molecule has 0 spiro atoms. The summed E-state index contributed by atoms with van der Waals surface area (Å²) in [6, 6.07) is 8.33. The second-order valence-electron chi connectivity index (χ2n) is 7.63.